The number of nitrogens with zero attached hydrogens (tertiary/aromatic N) is 1. The summed E-state index contributed by atoms with van der Waals surface area (Å²) in [4.78, 5) is 5.40. The topological polar surface area (TPSA) is 30.8 Å². The lowest BCUT2D eigenvalue weighted by atomic mass is 10.0. The van der Waals surface area contributed by atoms with Gasteiger partial charge in [0.2, 0.25) is 0 Å². The van der Waals surface area contributed by atoms with Crippen LogP contribution in [0.2, 0.25) is 0 Å². The van der Waals surface area contributed by atoms with E-state index in [9.17, 15) is 0 Å². The highest BCUT2D eigenvalue weighted by Gasteiger charge is 2.23. The third kappa shape index (κ3) is 2.53. The van der Waals surface area contributed by atoms with E-state index in [0.717, 1.165) is 28.3 Å². The number of hydrogen-bond donors (Lipinski definition) is 0. The minimum absolute atomic E-state index is 0.528. The number of oxime groups is 1. The van der Waals surface area contributed by atoms with E-state index in [0.29, 0.717) is 13.2 Å². The summed E-state index contributed by atoms with van der Waals surface area (Å²) in [6, 6.07) is 6.11. The number of fused-ring (bicyclic) bond motifs is 1. The van der Waals surface area contributed by atoms with Crippen LogP contribution in [-0.4, -0.2) is 18.9 Å². The second kappa shape index (κ2) is 4.78. The molecule has 0 N–H and O–H groups in total. The van der Waals surface area contributed by atoms with Gasteiger partial charge in [-0.2, -0.15) is 0 Å². The summed E-state index contributed by atoms with van der Waals surface area (Å²) in [5.41, 5.74) is 3.19. The summed E-state index contributed by atoms with van der Waals surface area (Å²) in [6.45, 7) is 1.92. The minimum atomic E-state index is 0.528. The van der Waals surface area contributed by atoms with Gasteiger partial charge >= 0.3 is 0 Å². The van der Waals surface area contributed by atoms with Crippen LogP contribution in [0.4, 0.5) is 0 Å². The zero-order valence-corrected chi connectivity index (χ0v) is 11.1. The maximum absolute atomic E-state index is 5.51. The molecule has 0 amide bonds. The Kier molecular flexibility index (Phi) is 3.16. The molecule has 1 aliphatic carbocycles. The molecule has 1 heterocycles. The van der Waals surface area contributed by atoms with E-state index in [1.807, 2.05) is 12.1 Å². The largest absolute Gasteiger partial charge is 0.395 e. The van der Waals surface area contributed by atoms with E-state index in [1.54, 1.807) is 0 Å². The second-order valence-electron chi connectivity index (χ2n) is 4.54. The molecule has 3 nitrogen and oxygen atoms in total. The summed E-state index contributed by atoms with van der Waals surface area (Å²) < 4.78 is 6.57. The fourth-order valence-corrected chi connectivity index (χ4v) is 2.56. The van der Waals surface area contributed by atoms with Crippen molar-refractivity contribution in [3.8, 4) is 0 Å². The zero-order valence-electron chi connectivity index (χ0n) is 9.49. The van der Waals surface area contributed by atoms with Crippen LogP contribution in [0.25, 0.3) is 0 Å². The Hall–Kier alpha value is -0.870. The van der Waals surface area contributed by atoms with Crippen molar-refractivity contribution < 1.29 is 9.57 Å². The standard InChI is InChI=1S/C13H14BrNO2/c14-11-3-1-2-10-7-16-8-12(13(10)11)15-17-6-9-4-5-9/h1-3,9H,4-8H2/b15-12+. The smallest absolute Gasteiger partial charge is 0.120 e. The van der Waals surface area contributed by atoms with E-state index < -0.39 is 0 Å². The van der Waals surface area contributed by atoms with Gasteiger partial charge in [0.05, 0.1) is 13.2 Å². The second-order valence-corrected chi connectivity index (χ2v) is 5.40. The van der Waals surface area contributed by atoms with Crippen molar-refractivity contribution in [2.45, 2.75) is 19.4 Å². The first-order valence-electron chi connectivity index (χ1n) is 5.89. The maximum Gasteiger partial charge on any atom is 0.120 e. The van der Waals surface area contributed by atoms with Crippen molar-refractivity contribution in [2.75, 3.05) is 13.2 Å². The fraction of sp³-hybridized carbons (Fsp3) is 0.462. The van der Waals surface area contributed by atoms with Crippen LogP contribution < -0.4 is 0 Å². The van der Waals surface area contributed by atoms with Gasteiger partial charge in [0, 0.05) is 10.0 Å². The first kappa shape index (κ1) is 11.2. The van der Waals surface area contributed by atoms with Gasteiger partial charge in [-0.05, 0) is 30.4 Å². The number of halogens is 1. The third-order valence-corrected chi connectivity index (χ3v) is 3.73. The molecule has 1 aromatic rings. The quantitative estimate of drug-likeness (QED) is 0.802. The highest BCUT2D eigenvalue weighted by molar-refractivity contribution is 9.10. The van der Waals surface area contributed by atoms with Crippen LogP contribution in [0.3, 0.4) is 0 Å². The molecule has 1 saturated carbocycles. The molecule has 1 aromatic carbocycles. The molecule has 2 aliphatic rings. The number of ether oxygens (including phenoxy) is 1. The van der Waals surface area contributed by atoms with Crippen molar-refractivity contribution >= 4 is 21.6 Å². The van der Waals surface area contributed by atoms with Gasteiger partial charge in [0.1, 0.15) is 12.3 Å². The zero-order chi connectivity index (χ0) is 11.7. The van der Waals surface area contributed by atoms with Gasteiger partial charge in [0.25, 0.3) is 0 Å². The average Bonchev–Trinajstić information content (AvgIpc) is 3.13. The van der Waals surface area contributed by atoms with Gasteiger partial charge in [0.15, 0.2) is 0 Å². The summed E-state index contributed by atoms with van der Waals surface area (Å²) >= 11 is 3.56. The maximum atomic E-state index is 5.51. The van der Waals surface area contributed by atoms with E-state index in [1.165, 1.54) is 18.4 Å². The molecule has 0 aromatic heterocycles. The molecule has 0 bridgehead atoms. The predicted molar refractivity (Wildman–Crippen MR) is 69.0 cm³/mol. The Morgan fingerprint density at radius 1 is 1.35 bits per heavy atom. The molecule has 0 saturated heterocycles. The van der Waals surface area contributed by atoms with Crippen LogP contribution in [0.1, 0.15) is 24.0 Å². The van der Waals surface area contributed by atoms with Gasteiger partial charge < -0.3 is 9.57 Å². The van der Waals surface area contributed by atoms with Gasteiger partial charge in [-0.1, -0.05) is 33.2 Å². The Morgan fingerprint density at radius 3 is 3.06 bits per heavy atom. The molecular formula is C13H14BrNO2. The van der Waals surface area contributed by atoms with Crippen LogP contribution >= 0.6 is 15.9 Å². The number of rotatable bonds is 3. The Balaban J connectivity index is 1.82. The number of benzene rings is 1. The Morgan fingerprint density at radius 2 is 2.24 bits per heavy atom. The summed E-state index contributed by atoms with van der Waals surface area (Å²) in [6.07, 6.45) is 2.56. The van der Waals surface area contributed by atoms with Crippen LogP contribution in [0, 0.1) is 5.92 Å². The van der Waals surface area contributed by atoms with Crippen molar-refractivity contribution in [1.82, 2.24) is 0 Å². The van der Waals surface area contributed by atoms with Gasteiger partial charge in [-0.3, -0.25) is 0 Å². The van der Waals surface area contributed by atoms with Crippen LogP contribution in [-0.2, 0) is 16.2 Å². The SMILES string of the molecule is Brc1cccc2c1/C(=N/OCC1CC1)COC2. The molecular weight excluding hydrogens is 282 g/mol. The predicted octanol–water partition coefficient (Wildman–Crippen LogP) is 3.11. The van der Waals surface area contributed by atoms with E-state index in [2.05, 4.69) is 27.2 Å². The lowest BCUT2D eigenvalue weighted by Gasteiger charge is -2.19. The van der Waals surface area contributed by atoms with Gasteiger partial charge in [-0.25, -0.2) is 0 Å². The van der Waals surface area contributed by atoms with Crippen molar-refractivity contribution in [1.29, 1.82) is 0 Å². The monoisotopic (exact) mass is 295 g/mol. The summed E-state index contributed by atoms with van der Waals surface area (Å²) in [5, 5.41) is 4.23. The first-order valence-corrected chi connectivity index (χ1v) is 6.68. The van der Waals surface area contributed by atoms with Crippen molar-refractivity contribution in [3.05, 3.63) is 33.8 Å². The third-order valence-electron chi connectivity index (χ3n) is 3.07. The van der Waals surface area contributed by atoms with Gasteiger partial charge in [-0.15, -0.1) is 0 Å². The van der Waals surface area contributed by atoms with E-state index >= 15 is 0 Å². The highest BCUT2D eigenvalue weighted by Crippen LogP contribution is 2.29. The molecule has 0 spiro atoms. The van der Waals surface area contributed by atoms with Crippen LogP contribution in [0.5, 0.6) is 0 Å². The highest BCUT2D eigenvalue weighted by atomic mass is 79.9. The molecule has 0 unspecified atom stereocenters. The summed E-state index contributed by atoms with van der Waals surface area (Å²) in [5.74, 6) is 0.725. The lowest BCUT2D eigenvalue weighted by molar-refractivity contribution is 0.120. The van der Waals surface area contributed by atoms with E-state index in [4.69, 9.17) is 9.57 Å². The molecule has 0 atom stereocenters. The molecule has 90 valence electrons. The van der Waals surface area contributed by atoms with Crippen LogP contribution in [0.15, 0.2) is 27.8 Å². The molecule has 17 heavy (non-hydrogen) atoms. The van der Waals surface area contributed by atoms with E-state index in [-0.39, 0.29) is 0 Å². The normalized spacial score (nSPS) is 21.4. The Labute approximate surface area is 109 Å². The van der Waals surface area contributed by atoms with Crippen molar-refractivity contribution in [2.24, 2.45) is 11.1 Å². The summed E-state index contributed by atoms with van der Waals surface area (Å²) in [7, 11) is 0. The molecule has 1 aliphatic heterocycles. The Bertz CT molecular complexity index is 455. The van der Waals surface area contributed by atoms with Crippen molar-refractivity contribution in [3.63, 3.8) is 0 Å². The molecule has 1 fully saturated rings. The fourth-order valence-electron chi connectivity index (χ4n) is 1.92. The number of hydrogen-bond acceptors (Lipinski definition) is 3. The molecule has 4 heteroatoms. The molecule has 0 radical (unpaired) electrons. The lowest BCUT2D eigenvalue weighted by Crippen LogP contribution is -2.20. The minimum Gasteiger partial charge on any atom is -0.395 e. The first-order chi connectivity index (χ1) is 8.34. The molecule has 3 rings (SSSR count). The average molecular weight is 296 g/mol.